The van der Waals surface area contributed by atoms with E-state index in [-0.39, 0.29) is 59.2 Å². The predicted molar refractivity (Wildman–Crippen MR) is 115 cm³/mol. The van der Waals surface area contributed by atoms with Crippen molar-refractivity contribution >= 4 is 11.6 Å². The van der Waals surface area contributed by atoms with Gasteiger partial charge in [-0.05, 0) is 43.2 Å². The number of amides is 1. The number of alkyl halides is 6. The number of carbonyl (C=O) groups excluding carboxylic acids is 1. The highest BCUT2D eigenvalue weighted by atomic mass is 19.4. The highest BCUT2D eigenvalue weighted by Gasteiger charge is 2.36. The summed E-state index contributed by atoms with van der Waals surface area (Å²) in [4.78, 5) is 19.6. The molecule has 37 heavy (non-hydrogen) atoms. The first kappa shape index (κ1) is 24.6. The second-order valence-electron chi connectivity index (χ2n) is 8.51. The molecule has 5 rings (SSSR count). The van der Waals surface area contributed by atoms with Crippen molar-refractivity contribution < 1.29 is 40.4 Å². The monoisotopic (exact) mass is 525 g/mol. The number of ether oxygens (including phenoxy) is 1. The number of fused-ring (bicyclic) bond motifs is 1. The van der Waals surface area contributed by atoms with E-state index >= 15 is 0 Å². The maximum absolute atomic E-state index is 13.7. The molecule has 4 aromatic rings. The zero-order valence-corrected chi connectivity index (χ0v) is 18.9. The fraction of sp³-hybridized carbons (Fsp3) is 0.304. The summed E-state index contributed by atoms with van der Waals surface area (Å²) in [7, 11) is 0. The number of aryl methyl sites for hydroxylation is 1. The van der Waals surface area contributed by atoms with Crippen LogP contribution >= 0.6 is 0 Å². The number of rotatable bonds is 5. The summed E-state index contributed by atoms with van der Waals surface area (Å²) >= 11 is 0. The van der Waals surface area contributed by atoms with Crippen LogP contribution in [0.1, 0.15) is 29.5 Å². The van der Waals surface area contributed by atoms with Crippen molar-refractivity contribution in [3.05, 3.63) is 53.3 Å². The van der Waals surface area contributed by atoms with Gasteiger partial charge in [0, 0.05) is 24.4 Å². The van der Waals surface area contributed by atoms with Crippen molar-refractivity contribution in [3.8, 4) is 28.7 Å². The maximum atomic E-state index is 13.7. The van der Waals surface area contributed by atoms with Gasteiger partial charge in [0.1, 0.15) is 23.7 Å². The van der Waals surface area contributed by atoms with Gasteiger partial charge in [0.25, 0.3) is 5.89 Å². The number of nitrogens with one attached hydrogen (secondary N) is 1. The summed E-state index contributed by atoms with van der Waals surface area (Å²) in [6, 6.07) is 3.82. The van der Waals surface area contributed by atoms with Crippen molar-refractivity contribution in [2.75, 3.05) is 6.61 Å². The smallest absolute Gasteiger partial charge is 0.419 e. The molecule has 0 aliphatic carbocycles. The number of hydrogen-bond donors (Lipinski definition) is 1. The number of halogens is 6. The van der Waals surface area contributed by atoms with E-state index in [1.807, 2.05) is 0 Å². The van der Waals surface area contributed by atoms with Gasteiger partial charge in [0.15, 0.2) is 0 Å². The molecule has 0 radical (unpaired) electrons. The molecule has 1 fully saturated rings. The first-order valence-electron chi connectivity index (χ1n) is 10.9. The molecule has 8 nitrogen and oxygen atoms in total. The number of pyridine rings is 1. The molecule has 194 valence electrons. The molecule has 1 atom stereocenters. The maximum Gasteiger partial charge on any atom is 0.419 e. The number of benzene rings is 1. The molecule has 0 unspecified atom stereocenters. The van der Waals surface area contributed by atoms with Gasteiger partial charge in [-0.15, -0.1) is 0 Å². The molecule has 0 spiro atoms. The summed E-state index contributed by atoms with van der Waals surface area (Å²) in [6.45, 7) is 1.34. The predicted octanol–water partition coefficient (Wildman–Crippen LogP) is 5.05. The lowest BCUT2D eigenvalue weighted by Crippen LogP contribution is -2.31. The van der Waals surface area contributed by atoms with Crippen LogP contribution in [-0.4, -0.2) is 38.1 Å². The van der Waals surface area contributed by atoms with Crippen molar-refractivity contribution in [2.45, 2.75) is 38.2 Å². The zero-order valence-electron chi connectivity index (χ0n) is 18.9. The molecule has 1 amide bonds. The van der Waals surface area contributed by atoms with Gasteiger partial charge in [-0.1, -0.05) is 5.16 Å². The summed E-state index contributed by atoms with van der Waals surface area (Å²) in [5.74, 6) is -0.968. The molecule has 1 N–H and O–H groups in total. The zero-order chi connectivity index (χ0) is 26.5. The van der Waals surface area contributed by atoms with Gasteiger partial charge in [-0.3, -0.25) is 4.79 Å². The Hall–Kier alpha value is -4.10. The van der Waals surface area contributed by atoms with Gasteiger partial charge >= 0.3 is 12.4 Å². The number of aromatic nitrogens is 4. The Labute approximate surface area is 204 Å². The van der Waals surface area contributed by atoms with Gasteiger partial charge in [-0.25, -0.2) is 4.98 Å². The first-order valence-corrected chi connectivity index (χ1v) is 10.9. The van der Waals surface area contributed by atoms with Crippen LogP contribution in [0, 0.1) is 6.92 Å². The molecular weight excluding hydrogens is 508 g/mol. The van der Waals surface area contributed by atoms with Crippen LogP contribution in [0.15, 0.2) is 41.2 Å². The molecular formula is C23H17F6N5O3. The lowest BCUT2D eigenvalue weighted by Gasteiger charge is -2.17. The number of nitrogens with zero attached hydrogens (tertiary/aromatic N) is 4. The minimum absolute atomic E-state index is 0.0249. The Morgan fingerprint density at radius 3 is 2.57 bits per heavy atom. The summed E-state index contributed by atoms with van der Waals surface area (Å²) in [5.41, 5.74) is -1.43. The largest absolute Gasteiger partial charge is 0.491 e. The Kier molecular flexibility index (Phi) is 5.83. The van der Waals surface area contributed by atoms with Crippen molar-refractivity contribution in [1.29, 1.82) is 0 Å². The Balaban J connectivity index is 1.43. The van der Waals surface area contributed by atoms with Crippen LogP contribution in [0.3, 0.4) is 0 Å². The second kappa shape index (κ2) is 8.78. The SMILES string of the molecule is Cc1cc(C(F)(F)F)cn2cc(-c3nc(-c4ccc(OC[C@@H]5CCC(=O)N5)c(C(F)(F)F)c4)no3)nc12. The highest BCUT2D eigenvalue weighted by Crippen LogP contribution is 2.39. The lowest BCUT2D eigenvalue weighted by molar-refractivity contribution is -0.139. The molecule has 1 aliphatic rings. The fourth-order valence-electron chi connectivity index (χ4n) is 3.98. The van der Waals surface area contributed by atoms with E-state index in [4.69, 9.17) is 9.26 Å². The molecule has 0 bridgehead atoms. The fourth-order valence-corrected chi connectivity index (χ4v) is 3.98. The molecule has 1 saturated heterocycles. The third kappa shape index (κ3) is 4.95. The van der Waals surface area contributed by atoms with Crippen molar-refractivity contribution in [1.82, 2.24) is 24.8 Å². The van der Waals surface area contributed by atoms with E-state index in [1.54, 1.807) is 0 Å². The normalized spacial score (nSPS) is 16.4. The van der Waals surface area contributed by atoms with Crippen LogP contribution in [0.25, 0.3) is 28.6 Å². The topological polar surface area (TPSA) is 94.6 Å². The number of imidazole rings is 1. The van der Waals surface area contributed by atoms with Gasteiger partial charge < -0.3 is 19.0 Å². The molecule has 3 aromatic heterocycles. The van der Waals surface area contributed by atoms with Crippen LogP contribution < -0.4 is 10.1 Å². The van der Waals surface area contributed by atoms with Gasteiger partial charge in [-0.2, -0.15) is 31.3 Å². The van der Waals surface area contributed by atoms with Crippen molar-refractivity contribution in [2.24, 2.45) is 0 Å². The minimum Gasteiger partial charge on any atom is -0.491 e. The molecule has 4 heterocycles. The van der Waals surface area contributed by atoms with E-state index in [0.29, 0.717) is 6.42 Å². The van der Waals surface area contributed by atoms with Crippen LogP contribution in [-0.2, 0) is 17.1 Å². The Morgan fingerprint density at radius 2 is 1.89 bits per heavy atom. The Bertz CT molecular complexity index is 1490. The summed E-state index contributed by atoms with van der Waals surface area (Å²) < 4.78 is 92.3. The number of carbonyl (C=O) groups is 1. The van der Waals surface area contributed by atoms with E-state index in [0.717, 1.165) is 28.8 Å². The van der Waals surface area contributed by atoms with Gasteiger partial charge in [0.05, 0.1) is 17.2 Å². The van der Waals surface area contributed by atoms with E-state index in [1.165, 1.54) is 19.2 Å². The third-order valence-electron chi connectivity index (χ3n) is 5.78. The first-order chi connectivity index (χ1) is 17.4. The van der Waals surface area contributed by atoms with Crippen LogP contribution in [0.4, 0.5) is 26.3 Å². The lowest BCUT2D eigenvalue weighted by atomic mass is 10.1. The highest BCUT2D eigenvalue weighted by molar-refractivity contribution is 5.78. The summed E-state index contributed by atoms with van der Waals surface area (Å²) in [6.07, 6.45) is -6.45. The quantitative estimate of drug-likeness (QED) is 0.367. The van der Waals surface area contributed by atoms with Gasteiger partial charge in [0.2, 0.25) is 11.7 Å². The minimum atomic E-state index is -4.76. The molecule has 14 heteroatoms. The second-order valence-corrected chi connectivity index (χ2v) is 8.51. The van der Waals surface area contributed by atoms with Crippen LogP contribution in [0.2, 0.25) is 0 Å². The average molecular weight is 525 g/mol. The van der Waals surface area contributed by atoms with Crippen LogP contribution in [0.5, 0.6) is 5.75 Å². The molecule has 1 aromatic carbocycles. The summed E-state index contributed by atoms with van der Waals surface area (Å²) in [5, 5.41) is 6.33. The third-order valence-corrected chi connectivity index (χ3v) is 5.78. The van der Waals surface area contributed by atoms with Crippen molar-refractivity contribution in [3.63, 3.8) is 0 Å². The average Bonchev–Trinajstić information content (AvgIpc) is 3.55. The molecule has 0 saturated carbocycles. The standard InChI is InChI=1S/C23H17F6N5O3/c1-11-6-13(22(24,25)26)8-34-9-16(31-20(11)34)21-32-19(33-37-21)12-2-4-17(15(7-12)23(27,28)29)36-10-14-3-5-18(35)30-14/h2,4,6-9,14H,3,5,10H2,1H3,(H,30,35)/t14-/m0/s1. The Morgan fingerprint density at radius 1 is 1.11 bits per heavy atom. The van der Waals surface area contributed by atoms with E-state index in [9.17, 15) is 31.1 Å². The molecule has 1 aliphatic heterocycles. The van der Waals surface area contributed by atoms with E-state index < -0.39 is 29.2 Å². The number of hydrogen-bond acceptors (Lipinski definition) is 6. The van der Waals surface area contributed by atoms with E-state index in [2.05, 4.69) is 20.4 Å².